The van der Waals surface area contributed by atoms with Gasteiger partial charge < -0.3 is 0 Å². The van der Waals surface area contributed by atoms with Gasteiger partial charge in [-0.15, -0.1) is 0 Å². The molecule has 2 aromatic rings. The van der Waals surface area contributed by atoms with Gasteiger partial charge in [0.2, 0.25) is 10.0 Å². The number of carbonyl (C=O) groups is 1. The molecule has 23 heavy (non-hydrogen) atoms. The summed E-state index contributed by atoms with van der Waals surface area (Å²) >= 11 is 0. The minimum absolute atomic E-state index is 0.0461. The number of aromatic nitrogens is 2. The fourth-order valence-electron chi connectivity index (χ4n) is 3.06. The van der Waals surface area contributed by atoms with Crippen LogP contribution in [-0.2, 0) is 22.9 Å². The van der Waals surface area contributed by atoms with Crippen molar-refractivity contribution in [3.05, 3.63) is 41.2 Å². The third kappa shape index (κ3) is 2.94. The van der Waals surface area contributed by atoms with Gasteiger partial charge in [-0.1, -0.05) is 6.92 Å². The summed E-state index contributed by atoms with van der Waals surface area (Å²) in [5.41, 5.74) is 3.31. The molecule has 0 saturated carbocycles. The molecule has 0 fully saturated rings. The number of Topliss-reactive ketones (excluding diaryl/α,β-unsaturated/α-hetero) is 1. The maximum Gasteiger partial charge on any atom is 0.238 e. The van der Waals surface area contributed by atoms with Crippen molar-refractivity contribution >= 4 is 15.8 Å². The summed E-state index contributed by atoms with van der Waals surface area (Å²) in [6.45, 7) is 3.70. The number of benzene rings is 1. The molecule has 1 aliphatic rings. The van der Waals surface area contributed by atoms with Crippen molar-refractivity contribution in [3.8, 4) is 5.69 Å². The Morgan fingerprint density at radius 1 is 1.30 bits per heavy atom. The molecule has 0 saturated heterocycles. The number of rotatable bonds is 3. The second kappa shape index (κ2) is 5.58. The van der Waals surface area contributed by atoms with Crippen LogP contribution in [0.4, 0.5) is 0 Å². The zero-order valence-corrected chi connectivity index (χ0v) is 13.9. The number of hydrogen-bond acceptors (Lipinski definition) is 4. The molecule has 0 bridgehead atoms. The van der Waals surface area contributed by atoms with E-state index in [1.54, 1.807) is 16.8 Å². The Hall–Kier alpha value is -1.99. The van der Waals surface area contributed by atoms with Gasteiger partial charge in [-0.2, -0.15) is 5.10 Å². The fraction of sp³-hybridized carbons (Fsp3) is 0.375. The molecule has 1 aromatic heterocycles. The molecular weight excluding hydrogens is 314 g/mol. The van der Waals surface area contributed by atoms with Crippen LogP contribution in [0, 0.1) is 5.92 Å². The Labute approximate surface area is 135 Å². The van der Waals surface area contributed by atoms with Gasteiger partial charge in [0.1, 0.15) is 5.69 Å². The van der Waals surface area contributed by atoms with Crippen molar-refractivity contribution in [2.24, 2.45) is 11.1 Å². The minimum atomic E-state index is -3.72. The van der Waals surface area contributed by atoms with Crippen LogP contribution in [-0.4, -0.2) is 24.0 Å². The summed E-state index contributed by atoms with van der Waals surface area (Å²) in [6.07, 6.45) is 2.75. The van der Waals surface area contributed by atoms with Crippen molar-refractivity contribution in [1.82, 2.24) is 9.78 Å². The molecule has 1 aliphatic carbocycles. The highest BCUT2D eigenvalue weighted by Gasteiger charge is 2.26. The highest BCUT2D eigenvalue weighted by atomic mass is 32.2. The van der Waals surface area contributed by atoms with Crippen LogP contribution in [0.25, 0.3) is 5.69 Å². The van der Waals surface area contributed by atoms with Gasteiger partial charge in [0.25, 0.3) is 0 Å². The summed E-state index contributed by atoms with van der Waals surface area (Å²) in [4.78, 5) is 11.9. The van der Waals surface area contributed by atoms with Crippen molar-refractivity contribution in [2.45, 2.75) is 38.0 Å². The first kappa shape index (κ1) is 15.9. The Balaban J connectivity index is 2.10. The maximum atomic E-state index is 11.9. The third-order valence-electron chi connectivity index (χ3n) is 4.26. The number of carbonyl (C=O) groups excluding carboxylic acids is 1. The molecule has 7 heteroatoms. The van der Waals surface area contributed by atoms with Crippen LogP contribution < -0.4 is 5.14 Å². The fourth-order valence-corrected chi connectivity index (χ4v) is 3.58. The zero-order chi connectivity index (χ0) is 16.8. The molecule has 0 spiro atoms. The first-order valence-corrected chi connectivity index (χ1v) is 9.07. The zero-order valence-electron chi connectivity index (χ0n) is 13.1. The molecule has 3 rings (SSSR count). The van der Waals surface area contributed by atoms with Gasteiger partial charge in [-0.3, -0.25) is 4.79 Å². The molecule has 2 N–H and O–H groups in total. The van der Waals surface area contributed by atoms with Gasteiger partial charge in [-0.05, 0) is 49.4 Å². The number of sulfonamides is 1. The molecule has 1 aromatic carbocycles. The lowest BCUT2D eigenvalue weighted by Gasteiger charge is -2.19. The smallest absolute Gasteiger partial charge is 0.238 e. The predicted octanol–water partition coefficient (Wildman–Crippen LogP) is 1.85. The quantitative estimate of drug-likeness (QED) is 0.867. The molecule has 122 valence electrons. The molecule has 1 unspecified atom stereocenters. The van der Waals surface area contributed by atoms with E-state index in [1.165, 1.54) is 19.1 Å². The van der Waals surface area contributed by atoms with Crippen LogP contribution in [0.15, 0.2) is 29.2 Å². The number of nitrogens with two attached hydrogens (primary N) is 1. The average molecular weight is 333 g/mol. The lowest BCUT2D eigenvalue weighted by molar-refractivity contribution is 0.101. The number of ketones is 1. The number of hydrogen-bond donors (Lipinski definition) is 1. The normalized spacial score (nSPS) is 17.8. The van der Waals surface area contributed by atoms with E-state index < -0.39 is 10.0 Å². The standard InChI is InChI=1S/C16H19N3O3S/c1-10-3-8-15-14(9-10)16(11(2)20)18-19(15)12-4-6-13(7-5-12)23(17,21)22/h4-7,10H,3,8-9H2,1-2H3,(H2,17,21,22). The van der Waals surface area contributed by atoms with Crippen LogP contribution in [0.1, 0.15) is 42.0 Å². The molecule has 0 aliphatic heterocycles. The lowest BCUT2D eigenvalue weighted by atomic mass is 9.87. The molecular formula is C16H19N3O3S. The summed E-state index contributed by atoms with van der Waals surface area (Å²) in [7, 11) is -3.72. The van der Waals surface area contributed by atoms with Crippen LogP contribution in [0.2, 0.25) is 0 Å². The van der Waals surface area contributed by atoms with E-state index in [9.17, 15) is 13.2 Å². The average Bonchev–Trinajstić information content (AvgIpc) is 2.85. The number of nitrogens with zero attached hydrogens (tertiary/aromatic N) is 2. The number of fused-ring (bicyclic) bond motifs is 1. The van der Waals surface area contributed by atoms with Gasteiger partial charge in [0, 0.05) is 18.2 Å². The number of primary sulfonamides is 1. The summed E-state index contributed by atoms with van der Waals surface area (Å²) in [5.74, 6) is 0.485. The van der Waals surface area contributed by atoms with Gasteiger partial charge in [0.15, 0.2) is 5.78 Å². The second-order valence-corrected chi connectivity index (χ2v) is 7.69. The van der Waals surface area contributed by atoms with Gasteiger partial charge in [-0.25, -0.2) is 18.2 Å². The van der Waals surface area contributed by atoms with E-state index in [0.717, 1.165) is 36.2 Å². The topological polar surface area (TPSA) is 95.0 Å². The summed E-state index contributed by atoms with van der Waals surface area (Å²) in [5, 5.41) is 9.59. The Kier molecular flexibility index (Phi) is 3.85. The van der Waals surface area contributed by atoms with E-state index >= 15 is 0 Å². The first-order valence-electron chi connectivity index (χ1n) is 7.52. The van der Waals surface area contributed by atoms with E-state index in [0.29, 0.717) is 11.6 Å². The SMILES string of the molecule is CC(=O)c1nn(-c2ccc(S(N)(=O)=O)cc2)c2c1CC(C)CC2. The van der Waals surface area contributed by atoms with Crippen molar-refractivity contribution in [2.75, 3.05) is 0 Å². The van der Waals surface area contributed by atoms with Crippen LogP contribution in [0.5, 0.6) is 0 Å². The van der Waals surface area contributed by atoms with E-state index in [-0.39, 0.29) is 10.7 Å². The van der Waals surface area contributed by atoms with Gasteiger partial charge >= 0.3 is 0 Å². The van der Waals surface area contributed by atoms with Crippen molar-refractivity contribution in [3.63, 3.8) is 0 Å². The predicted molar refractivity (Wildman–Crippen MR) is 86.1 cm³/mol. The Morgan fingerprint density at radius 3 is 2.52 bits per heavy atom. The highest BCUT2D eigenvalue weighted by Crippen LogP contribution is 2.30. The summed E-state index contributed by atoms with van der Waals surface area (Å²) < 4.78 is 24.5. The third-order valence-corrected chi connectivity index (χ3v) is 5.19. The molecule has 0 radical (unpaired) electrons. The minimum Gasteiger partial charge on any atom is -0.293 e. The molecule has 1 atom stereocenters. The first-order chi connectivity index (χ1) is 10.8. The molecule has 6 nitrogen and oxygen atoms in total. The second-order valence-electron chi connectivity index (χ2n) is 6.13. The van der Waals surface area contributed by atoms with Crippen molar-refractivity contribution < 1.29 is 13.2 Å². The van der Waals surface area contributed by atoms with E-state index in [4.69, 9.17) is 5.14 Å². The summed E-state index contributed by atoms with van der Waals surface area (Å²) in [6, 6.07) is 6.24. The molecule has 1 heterocycles. The Morgan fingerprint density at radius 2 is 1.96 bits per heavy atom. The maximum absolute atomic E-state index is 11.9. The molecule has 0 amide bonds. The lowest BCUT2D eigenvalue weighted by Crippen LogP contribution is -2.15. The van der Waals surface area contributed by atoms with Crippen molar-refractivity contribution in [1.29, 1.82) is 0 Å². The highest BCUT2D eigenvalue weighted by molar-refractivity contribution is 7.89. The van der Waals surface area contributed by atoms with Crippen LogP contribution in [0.3, 0.4) is 0 Å². The Bertz CT molecular complexity index is 867. The monoisotopic (exact) mass is 333 g/mol. The van der Waals surface area contributed by atoms with Gasteiger partial charge in [0.05, 0.1) is 10.6 Å². The van der Waals surface area contributed by atoms with Crippen LogP contribution >= 0.6 is 0 Å². The van der Waals surface area contributed by atoms with E-state index in [2.05, 4.69) is 12.0 Å². The van der Waals surface area contributed by atoms with E-state index in [1.807, 2.05) is 0 Å². The largest absolute Gasteiger partial charge is 0.293 e.